The third kappa shape index (κ3) is 13.1. The van der Waals surface area contributed by atoms with Gasteiger partial charge in [0.1, 0.15) is 24.0 Å². The summed E-state index contributed by atoms with van der Waals surface area (Å²) < 4.78 is 53.2. The fraction of sp³-hybridized carbons (Fsp3) is 0.812. The third-order valence-corrected chi connectivity index (χ3v) is 14.3. The number of nitrogens with zero attached hydrogens (tertiary/aromatic N) is 5. The van der Waals surface area contributed by atoms with Gasteiger partial charge in [-0.3, -0.25) is 4.79 Å². The standard InChI is InChI=1S/C48H81N5O12/c1-15-34-16-18-36(19-17-34)53-24-35(49-50-53)26-60-27-37-25-52(12)23-29(3)40(54)28(2)21-48(9,59-14)44(65-46-41(55)38(51(10)11)20-30(4)61-46)31(5)42(32(6)45(57)63-37)64-39-22-47(8,58-13)43(56)33(7)62-39/h16-19,24,28-33,37-44,46,54-56H,15,20-23,25-27H2,1-14H3/t28-,29-,30-,31+,32-,33+,37+,38+,39+,40+,41-,42+,43+,44-,46+,47-,48-/m1/s1. The molecule has 3 aliphatic rings. The Balaban J connectivity index is 1.50. The lowest BCUT2D eigenvalue weighted by Gasteiger charge is -2.49. The van der Waals surface area contributed by atoms with Gasteiger partial charge in [0.15, 0.2) is 12.6 Å². The Hall–Kier alpha value is -2.65. The van der Waals surface area contributed by atoms with E-state index in [4.69, 9.17) is 37.9 Å². The molecule has 3 fully saturated rings. The number of rotatable bonds is 13. The van der Waals surface area contributed by atoms with Gasteiger partial charge < -0.3 is 63.0 Å². The molecular weight excluding hydrogens is 839 g/mol. The second kappa shape index (κ2) is 23.1. The van der Waals surface area contributed by atoms with Crippen molar-refractivity contribution in [2.45, 2.75) is 173 Å². The minimum atomic E-state index is -1.11. The zero-order valence-corrected chi connectivity index (χ0v) is 41.5. The molecule has 0 aliphatic carbocycles. The molecule has 1 aromatic heterocycles. The molecule has 3 aliphatic heterocycles. The molecule has 0 radical (unpaired) electrons. The molecule has 0 amide bonds. The van der Waals surface area contributed by atoms with Crippen molar-refractivity contribution in [1.29, 1.82) is 0 Å². The van der Waals surface area contributed by atoms with Crippen molar-refractivity contribution in [3.8, 4) is 5.69 Å². The van der Waals surface area contributed by atoms with Crippen LogP contribution in [0.4, 0.5) is 0 Å². The van der Waals surface area contributed by atoms with Gasteiger partial charge in [0, 0.05) is 45.7 Å². The molecule has 3 saturated heterocycles. The number of esters is 1. The third-order valence-electron chi connectivity index (χ3n) is 14.3. The van der Waals surface area contributed by atoms with Crippen LogP contribution < -0.4 is 0 Å². The number of carbonyl (C=O) groups excluding carboxylic acids is 1. The summed E-state index contributed by atoms with van der Waals surface area (Å²) in [5, 5.41) is 43.4. The Bertz CT molecular complexity index is 1770. The van der Waals surface area contributed by atoms with E-state index in [0.29, 0.717) is 31.6 Å². The predicted molar refractivity (Wildman–Crippen MR) is 243 cm³/mol. The lowest BCUT2D eigenvalue weighted by Crippen LogP contribution is -2.61. The van der Waals surface area contributed by atoms with Crippen LogP contribution in [0.3, 0.4) is 0 Å². The molecule has 2 aromatic rings. The van der Waals surface area contributed by atoms with E-state index in [1.807, 2.05) is 90.8 Å². The van der Waals surface area contributed by atoms with Gasteiger partial charge in [0.2, 0.25) is 0 Å². The molecule has 17 atom stereocenters. The number of aryl methyl sites for hydroxylation is 1. The summed E-state index contributed by atoms with van der Waals surface area (Å²) in [5.74, 6) is -2.57. The van der Waals surface area contributed by atoms with Crippen molar-refractivity contribution >= 4 is 5.97 Å². The number of aliphatic hydroxyl groups excluding tert-OH is 3. The van der Waals surface area contributed by atoms with Crippen LogP contribution in [0.25, 0.3) is 5.69 Å². The van der Waals surface area contributed by atoms with Crippen molar-refractivity contribution < 1.29 is 58.0 Å². The summed E-state index contributed by atoms with van der Waals surface area (Å²) in [6, 6.07) is 7.87. The maximum Gasteiger partial charge on any atom is 0.311 e. The highest BCUT2D eigenvalue weighted by Crippen LogP contribution is 2.41. The van der Waals surface area contributed by atoms with Crippen LogP contribution in [0.2, 0.25) is 0 Å². The van der Waals surface area contributed by atoms with Crippen molar-refractivity contribution in [1.82, 2.24) is 24.8 Å². The average Bonchev–Trinajstić information content (AvgIpc) is 3.74. The number of hydrogen-bond donors (Lipinski definition) is 3. The molecule has 1 aromatic carbocycles. The van der Waals surface area contributed by atoms with Crippen LogP contribution in [-0.2, 0) is 55.7 Å². The van der Waals surface area contributed by atoms with Crippen molar-refractivity contribution in [3.63, 3.8) is 0 Å². The van der Waals surface area contributed by atoms with Crippen molar-refractivity contribution in [2.24, 2.45) is 23.7 Å². The van der Waals surface area contributed by atoms with Gasteiger partial charge in [-0.1, -0.05) is 45.0 Å². The molecule has 17 nitrogen and oxygen atoms in total. The highest BCUT2D eigenvalue weighted by Gasteiger charge is 2.52. The number of ether oxygens (including phenoxy) is 8. The molecule has 0 bridgehead atoms. The number of benzene rings is 1. The van der Waals surface area contributed by atoms with Gasteiger partial charge in [-0.25, -0.2) is 4.68 Å². The Labute approximate surface area is 387 Å². The topological polar surface area (TPSA) is 189 Å². The van der Waals surface area contributed by atoms with Gasteiger partial charge in [0.25, 0.3) is 0 Å². The molecule has 3 N–H and O–H groups in total. The number of hydrogen-bond acceptors (Lipinski definition) is 16. The Morgan fingerprint density at radius 3 is 2.20 bits per heavy atom. The zero-order chi connectivity index (χ0) is 48.0. The van der Waals surface area contributed by atoms with Gasteiger partial charge >= 0.3 is 5.97 Å². The van der Waals surface area contributed by atoms with Crippen molar-refractivity contribution in [2.75, 3.05) is 55.1 Å². The summed E-state index contributed by atoms with van der Waals surface area (Å²) in [4.78, 5) is 18.7. The number of methoxy groups -OCH3 is 2. The molecule has 370 valence electrons. The van der Waals surface area contributed by atoms with E-state index in [9.17, 15) is 20.1 Å². The fourth-order valence-electron chi connectivity index (χ4n) is 10.1. The quantitative estimate of drug-likeness (QED) is 0.245. The molecule has 0 saturated carbocycles. The van der Waals surface area contributed by atoms with E-state index >= 15 is 0 Å². The van der Waals surface area contributed by atoms with E-state index in [1.165, 1.54) is 5.56 Å². The van der Waals surface area contributed by atoms with Crippen LogP contribution in [0.5, 0.6) is 0 Å². The summed E-state index contributed by atoms with van der Waals surface area (Å²) in [6.45, 7) is 18.3. The van der Waals surface area contributed by atoms with Gasteiger partial charge in [-0.15, -0.1) is 5.10 Å². The predicted octanol–water partition coefficient (Wildman–Crippen LogP) is 4.00. The van der Waals surface area contributed by atoms with E-state index in [0.717, 1.165) is 12.1 Å². The second-order valence-corrected chi connectivity index (χ2v) is 19.9. The lowest BCUT2D eigenvalue weighted by atomic mass is 9.75. The number of aromatic nitrogens is 3. The first-order chi connectivity index (χ1) is 30.6. The van der Waals surface area contributed by atoms with Crippen LogP contribution in [0, 0.1) is 23.7 Å². The Kier molecular flexibility index (Phi) is 18.9. The molecule has 0 unspecified atom stereocenters. The molecule has 65 heavy (non-hydrogen) atoms. The minimum absolute atomic E-state index is 0.0538. The molecule has 4 heterocycles. The largest absolute Gasteiger partial charge is 0.458 e. The van der Waals surface area contributed by atoms with E-state index < -0.39 is 84.3 Å². The highest BCUT2D eigenvalue weighted by atomic mass is 16.7. The van der Waals surface area contributed by atoms with E-state index in [2.05, 4.69) is 29.4 Å². The number of likely N-dealkylation sites (N-methyl/N-ethyl adjacent to an activating group) is 2. The minimum Gasteiger partial charge on any atom is -0.458 e. The van der Waals surface area contributed by atoms with Crippen LogP contribution in [-0.4, -0.2) is 180 Å². The summed E-state index contributed by atoms with van der Waals surface area (Å²) in [7, 11) is 8.92. The molecule has 17 heteroatoms. The van der Waals surface area contributed by atoms with E-state index in [-0.39, 0.29) is 43.6 Å². The Morgan fingerprint density at radius 1 is 0.892 bits per heavy atom. The first-order valence-corrected chi connectivity index (χ1v) is 23.5. The van der Waals surface area contributed by atoms with Crippen molar-refractivity contribution in [3.05, 3.63) is 41.7 Å². The zero-order valence-electron chi connectivity index (χ0n) is 41.5. The van der Waals surface area contributed by atoms with Gasteiger partial charge in [-0.2, -0.15) is 0 Å². The summed E-state index contributed by atoms with van der Waals surface area (Å²) in [6.07, 6.45) is -4.24. The average molecular weight is 920 g/mol. The fourth-order valence-corrected chi connectivity index (χ4v) is 10.1. The van der Waals surface area contributed by atoms with Gasteiger partial charge in [-0.05, 0) is 105 Å². The van der Waals surface area contributed by atoms with Crippen LogP contribution in [0.15, 0.2) is 30.5 Å². The smallest absolute Gasteiger partial charge is 0.311 e. The summed E-state index contributed by atoms with van der Waals surface area (Å²) >= 11 is 0. The maximum absolute atomic E-state index is 14.7. The first-order valence-electron chi connectivity index (χ1n) is 23.5. The summed E-state index contributed by atoms with van der Waals surface area (Å²) in [5.41, 5.74) is 0.606. The van der Waals surface area contributed by atoms with Crippen LogP contribution in [0.1, 0.15) is 92.8 Å². The van der Waals surface area contributed by atoms with Gasteiger partial charge in [0.05, 0.1) is 72.7 Å². The lowest BCUT2D eigenvalue weighted by molar-refractivity contribution is -0.319. The highest BCUT2D eigenvalue weighted by molar-refractivity contribution is 5.73. The SMILES string of the molecule is CCc1ccc(-n2cc(COC[C@@H]3CN(C)C[C@@H](C)[C@@H](O)[C@H](C)C[C@@](C)(OC)[C@H](O[C@@H]4O[C@H](C)C[C@H](N(C)C)[C@H]4O)[C@@H](C)[C@H](O[C@H]4C[C@@](C)(OC)[C@@H](O)[C@H](C)O4)[C@@H](C)C(=O)O3)nn2)cc1. The Morgan fingerprint density at radius 2 is 1.57 bits per heavy atom. The second-order valence-electron chi connectivity index (χ2n) is 19.9. The normalized spacial score (nSPS) is 39.7. The number of carbonyl (C=O) groups is 1. The van der Waals surface area contributed by atoms with Crippen LogP contribution >= 0.6 is 0 Å². The molecule has 0 spiro atoms. The molecular formula is C48H81N5O12. The number of cyclic esters (lactones) is 1. The maximum atomic E-state index is 14.7. The van der Waals surface area contributed by atoms with E-state index in [1.54, 1.807) is 32.7 Å². The number of aliphatic hydroxyl groups is 3. The monoisotopic (exact) mass is 920 g/mol. The first kappa shape index (κ1) is 53.3. The molecule has 5 rings (SSSR count).